The SMILES string of the molecule is COC(=O)c1cccc(-n2c(C)cc(/C=C3/NC(=O)N(C)C3=O)c2C)c1. The second kappa shape index (κ2) is 6.51. The Labute approximate surface area is 150 Å². The van der Waals surface area contributed by atoms with Gasteiger partial charge in [0.1, 0.15) is 5.70 Å². The molecule has 1 aliphatic rings. The Morgan fingerprint density at radius 2 is 1.92 bits per heavy atom. The fourth-order valence-electron chi connectivity index (χ4n) is 3.00. The Morgan fingerprint density at radius 3 is 2.54 bits per heavy atom. The van der Waals surface area contributed by atoms with Crippen LogP contribution in [0.15, 0.2) is 36.0 Å². The van der Waals surface area contributed by atoms with Crippen LogP contribution in [0.5, 0.6) is 0 Å². The Balaban J connectivity index is 2.04. The summed E-state index contributed by atoms with van der Waals surface area (Å²) in [4.78, 5) is 36.5. The molecule has 0 bridgehead atoms. The standard InChI is InChI=1S/C19H19N3O4/c1-11-8-14(10-16-17(23)21(3)19(25)20-16)12(2)22(11)15-7-5-6-13(9-15)18(24)26-4/h5-10H,1-4H3,(H,20,25)/b16-10+. The average molecular weight is 353 g/mol. The van der Waals surface area contributed by atoms with Crippen LogP contribution >= 0.6 is 0 Å². The van der Waals surface area contributed by atoms with Crippen LogP contribution in [-0.4, -0.2) is 41.5 Å². The van der Waals surface area contributed by atoms with E-state index in [0.29, 0.717) is 5.56 Å². The number of carbonyl (C=O) groups excluding carboxylic acids is 3. The van der Waals surface area contributed by atoms with Crippen LogP contribution in [0, 0.1) is 13.8 Å². The van der Waals surface area contributed by atoms with E-state index in [4.69, 9.17) is 4.74 Å². The van der Waals surface area contributed by atoms with E-state index in [2.05, 4.69) is 5.32 Å². The molecule has 2 aromatic rings. The van der Waals surface area contributed by atoms with E-state index in [9.17, 15) is 14.4 Å². The number of esters is 1. The monoisotopic (exact) mass is 353 g/mol. The van der Waals surface area contributed by atoms with E-state index in [-0.39, 0.29) is 11.6 Å². The Hall–Kier alpha value is -3.35. The lowest BCUT2D eigenvalue weighted by Crippen LogP contribution is -2.25. The molecular formula is C19H19N3O4. The van der Waals surface area contributed by atoms with Crippen LogP contribution in [0.25, 0.3) is 11.8 Å². The van der Waals surface area contributed by atoms with Crippen molar-refractivity contribution in [3.05, 3.63) is 58.5 Å². The zero-order valence-corrected chi connectivity index (χ0v) is 15.0. The zero-order chi connectivity index (χ0) is 19.0. The van der Waals surface area contributed by atoms with E-state index < -0.39 is 12.0 Å². The molecule has 0 saturated carbocycles. The van der Waals surface area contributed by atoms with Crippen molar-refractivity contribution in [1.29, 1.82) is 0 Å². The number of hydrogen-bond acceptors (Lipinski definition) is 4. The molecule has 0 spiro atoms. The molecule has 1 saturated heterocycles. The van der Waals surface area contributed by atoms with Gasteiger partial charge in [-0.3, -0.25) is 9.69 Å². The number of nitrogens with zero attached hydrogens (tertiary/aromatic N) is 2. The molecule has 134 valence electrons. The molecule has 0 atom stereocenters. The normalized spacial score (nSPS) is 15.5. The molecule has 7 heteroatoms. The summed E-state index contributed by atoms with van der Waals surface area (Å²) in [5.74, 6) is -0.772. The van der Waals surface area contributed by atoms with Gasteiger partial charge in [-0.15, -0.1) is 0 Å². The fourth-order valence-corrected chi connectivity index (χ4v) is 3.00. The van der Waals surface area contributed by atoms with Crippen molar-refractivity contribution in [1.82, 2.24) is 14.8 Å². The molecule has 0 aliphatic carbocycles. The molecule has 0 radical (unpaired) electrons. The average Bonchev–Trinajstić information content (AvgIpc) is 3.04. The van der Waals surface area contributed by atoms with Crippen molar-refractivity contribution in [2.75, 3.05) is 14.2 Å². The van der Waals surface area contributed by atoms with Crippen LogP contribution < -0.4 is 5.32 Å². The van der Waals surface area contributed by atoms with E-state index in [1.807, 2.05) is 30.5 Å². The van der Waals surface area contributed by atoms with Gasteiger partial charge < -0.3 is 14.6 Å². The lowest BCUT2D eigenvalue weighted by Gasteiger charge is -2.11. The maximum absolute atomic E-state index is 12.1. The maximum atomic E-state index is 12.1. The number of aryl methyl sites for hydroxylation is 1. The molecule has 1 aliphatic heterocycles. The molecule has 7 nitrogen and oxygen atoms in total. The van der Waals surface area contributed by atoms with Gasteiger partial charge in [0.15, 0.2) is 0 Å². The van der Waals surface area contributed by atoms with E-state index in [1.54, 1.807) is 24.3 Å². The van der Waals surface area contributed by atoms with Crippen molar-refractivity contribution in [2.45, 2.75) is 13.8 Å². The van der Waals surface area contributed by atoms with Gasteiger partial charge in [0.25, 0.3) is 5.91 Å². The topological polar surface area (TPSA) is 80.6 Å². The lowest BCUT2D eigenvalue weighted by atomic mass is 10.2. The van der Waals surface area contributed by atoms with Crippen molar-refractivity contribution in [2.24, 2.45) is 0 Å². The summed E-state index contributed by atoms with van der Waals surface area (Å²) in [6, 6.07) is 8.59. The predicted octanol–water partition coefficient (Wildman–Crippen LogP) is 2.40. The van der Waals surface area contributed by atoms with E-state index in [0.717, 1.165) is 27.5 Å². The zero-order valence-electron chi connectivity index (χ0n) is 15.0. The molecular weight excluding hydrogens is 334 g/mol. The van der Waals surface area contributed by atoms with Crippen molar-refractivity contribution >= 4 is 24.0 Å². The Kier molecular flexibility index (Phi) is 4.38. The van der Waals surface area contributed by atoms with Gasteiger partial charge in [0, 0.05) is 24.1 Å². The summed E-state index contributed by atoms with van der Waals surface area (Å²) in [6.07, 6.45) is 1.66. The first kappa shape index (κ1) is 17.5. The highest BCUT2D eigenvalue weighted by molar-refractivity contribution is 6.13. The molecule has 1 fully saturated rings. The summed E-state index contributed by atoms with van der Waals surface area (Å²) in [7, 11) is 2.77. The Morgan fingerprint density at radius 1 is 1.19 bits per heavy atom. The second-order valence-corrected chi connectivity index (χ2v) is 6.06. The highest BCUT2D eigenvalue weighted by Gasteiger charge is 2.30. The number of nitrogens with one attached hydrogen (secondary N) is 1. The highest BCUT2D eigenvalue weighted by atomic mass is 16.5. The van der Waals surface area contributed by atoms with Crippen LogP contribution in [0.4, 0.5) is 4.79 Å². The number of rotatable bonds is 3. The number of amides is 3. The minimum Gasteiger partial charge on any atom is -0.465 e. The van der Waals surface area contributed by atoms with E-state index >= 15 is 0 Å². The molecule has 26 heavy (non-hydrogen) atoms. The summed E-state index contributed by atoms with van der Waals surface area (Å²) >= 11 is 0. The molecule has 1 aromatic heterocycles. The fraction of sp³-hybridized carbons (Fsp3) is 0.211. The first-order valence-corrected chi connectivity index (χ1v) is 8.02. The number of hydrogen-bond donors (Lipinski definition) is 1. The van der Waals surface area contributed by atoms with Crippen LogP contribution in [-0.2, 0) is 9.53 Å². The van der Waals surface area contributed by atoms with Crippen LogP contribution in [0.1, 0.15) is 27.3 Å². The van der Waals surface area contributed by atoms with Gasteiger partial charge in [-0.2, -0.15) is 0 Å². The van der Waals surface area contributed by atoms with Gasteiger partial charge in [0.05, 0.1) is 12.7 Å². The molecule has 0 unspecified atom stereocenters. The summed E-state index contributed by atoms with van der Waals surface area (Å²) in [5, 5.41) is 2.56. The molecule has 1 aromatic carbocycles. The first-order valence-electron chi connectivity index (χ1n) is 8.02. The van der Waals surface area contributed by atoms with Crippen LogP contribution in [0.3, 0.4) is 0 Å². The largest absolute Gasteiger partial charge is 0.465 e. The van der Waals surface area contributed by atoms with Crippen molar-refractivity contribution in [3.8, 4) is 5.69 Å². The Bertz CT molecular complexity index is 956. The number of carbonyl (C=O) groups is 3. The number of benzene rings is 1. The van der Waals surface area contributed by atoms with Gasteiger partial charge in [-0.05, 0) is 49.8 Å². The predicted molar refractivity (Wildman–Crippen MR) is 95.9 cm³/mol. The molecule has 3 amide bonds. The van der Waals surface area contributed by atoms with Gasteiger partial charge in [0.2, 0.25) is 0 Å². The lowest BCUT2D eigenvalue weighted by molar-refractivity contribution is -0.121. The maximum Gasteiger partial charge on any atom is 0.337 e. The summed E-state index contributed by atoms with van der Waals surface area (Å²) in [6.45, 7) is 3.84. The number of likely N-dealkylation sites (N-methyl/N-ethyl adjacent to an activating group) is 1. The van der Waals surface area contributed by atoms with Gasteiger partial charge in [-0.25, -0.2) is 9.59 Å². The number of methoxy groups -OCH3 is 1. The minimum absolute atomic E-state index is 0.237. The van der Waals surface area contributed by atoms with Gasteiger partial charge in [-0.1, -0.05) is 6.07 Å². The van der Waals surface area contributed by atoms with Crippen LogP contribution in [0.2, 0.25) is 0 Å². The number of aromatic nitrogens is 1. The summed E-state index contributed by atoms with van der Waals surface area (Å²) < 4.78 is 6.75. The third kappa shape index (κ3) is 2.88. The van der Waals surface area contributed by atoms with E-state index in [1.165, 1.54) is 14.2 Å². The third-order valence-electron chi connectivity index (χ3n) is 4.38. The highest BCUT2D eigenvalue weighted by Crippen LogP contribution is 2.24. The molecule has 3 rings (SSSR count). The quantitative estimate of drug-likeness (QED) is 0.522. The smallest absolute Gasteiger partial charge is 0.337 e. The second-order valence-electron chi connectivity index (χ2n) is 6.06. The first-order chi connectivity index (χ1) is 12.3. The number of ether oxygens (including phenoxy) is 1. The van der Waals surface area contributed by atoms with Crippen molar-refractivity contribution < 1.29 is 19.1 Å². The van der Waals surface area contributed by atoms with Crippen molar-refractivity contribution in [3.63, 3.8) is 0 Å². The third-order valence-corrected chi connectivity index (χ3v) is 4.38. The number of imide groups is 1. The minimum atomic E-state index is -0.444. The van der Waals surface area contributed by atoms with Gasteiger partial charge >= 0.3 is 12.0 Å². The molecule has 1 N–H and O–H groups in total. The summed E-state index contributed by atoms with van der Waals surface area (Å²) in [5.41, 5.74) is 4.13. The molecule has 2 heterocycles. The number of urea groups is 1.